The van der Waals surface area contributed by atoms with Gasteiger partial charge in [0.15, 0.2) is 5.69 Å². The largest absolute Gasteiger partial charge is 0.348 e. The normalized spacial score (nSPS) is 15.7. The van der Waals surface area contributed by atoms with Crippen LogP contribution in [0.3, 0.4) is 0 Å². The van der Waals surface area contributed by atoms with E-state index in [1.807, 2.05) is 25.1 Å². The summed E-state index contributed by atoms with van der Waals surface area (Å²) in [7, 11) is 0.540. The molecule has 1 aliphatic rings. The maximum Gasteiger partial charge on any atom is 0.274 e. The molecule has 1 aliphatic heterocycles. The van der Waals surface area contributed by atoms with E-state index >= 15 is 0 Å². The van der Waals surface area contributed by atoms with E-state index in [0.717, 1.165) is 5.56 Å². The molecule has 1 aromatic carbocycles. The molecule has 0 spiro atoms. The van der Waals surface area contributed by atoms with Crippen LogP contribution >= 0.6 is 11.6 Å². The molecule has 2 heterocycles. The molecule has 1 fully saturated rings. The number of nitrogens with one attached hydrogen (secondary N) is 3. The Bertz CT molecular complexity index is 1090. The second-order valence-electron chi connectivity index (χ2n) is 8.02. The summed E-state index contributed by atoms with van der Waals surface area (Å²) >= 11 is 6.29. The van der Waals surface area contributed by atoms with Crippen LogP contribution in [0, 0.1) is 0 Å². The number of sulfonamides is 1. The number of aromatic nitrogens is 2. The fourth-order valence-electron chi connectivity index (χ4n) is 3.62. The maximum absolute atomic E-state index is 13.0. The number of H-pyrrole nitrogens is 1. The number of nitrogens with zero attached hydrogens (tertiary/aromatic N) is 3. The van der Waals surface area contributed by atoms with E-state index in [-0.39, 0.29) is 17.4 Å². The van der Waals surface area contributed by atoms with Crippen LogP contribution in [0.2, 0.25) is 5.02 Å². The Morgan fingerprint density at radius 3 is 2.56 bits per heavy atom. The minimum atomic E-state index is -3.24. The van der Waals surface area contributed by atoms with Crippen LogP contribution in [0.5, 0.6) is 0 Å². The number of anilines is 1. The molecule has 2 aromatic rings. The zero-order chi connectivity index (χ0) is 23.5. The van der Waals surface area contributed by atoms with Crippen LogP contribution in [0.4, 0.5) is 5.69 Å². The smallest absolute Gasteiger partial charge is 0.274 e. The van der Waals surface area contributed by atoms with E-state index in [2.05, 4.69) is 20.8 Å². The first-order valence-electron chi connectivity index (χ1n) is 10.1. The van der Waals surface area contributed by atoms with E-state index in [1.54, 1.807) is 12.1 Å². The topological polar surface area (TPSA) is 128 Å². The Kier molecular flexibility index (Phi) is 7.55. The summed E-state index contributed by atoms with van der Waals surface area (Å²) in [6, 6.07) is 5.06. The molecule has 0 radical (unpaired) electrons. The fourth-order valence-corrected chi connectivity index (χ4v) is 4.78. The molecular weight excluding hydrogens is 456 g/mol. The molecule has 0 saturated carbocycles. The highest BCUT2D eigenvalue weighted by atomic mass is 35.5. The van der Waals surface area contributed by atoms with Gasteiger partial charge in [-0.15, -0.1) is 0 Å². The SMILES string of the molecule is CN(C)Cc1cccc(Cl)c1C(=O)Nc1c[nH]nc1C(=O)NC1CCN(S(C)(=O)=O)CC1. The third-order valence-electron chi connectivity index (χ3n) is 5.18. The fraction of sp³-hybridized carbons (Fsp3) is 0.450. The molecule has 12 heteroatoms. The highest BCUT2D eigenvalue weighted by Crippen LogP contribution is 2.23. The van der Waals surface area contributed by atoms with Gasteiger partial charge in [-0.1, -0.05) is 23.7 Å². The molecule has 1 aromatic heterocycles. The minimum Gasteiger partial charge on any atom is -0.348 e. The van der Waals surface area contributed by atoms with Gasteiger partial charge >= 0.3 is 0 Å². The van der Waals surface area contributed by atoms with E-state index in [1.165, 1.54) is 16.8 Å². The summed E-state index contributed by atoms with van der Waals surface area (Å²) in [4.78, 5) is 27.7. The molecule has 3 rings (SSSR count). The molecule has 0 aliphatic carbocycles. The molecule has 2 amide bonds. The third-order valence-corrected chi connectivity index (χ3v) is 6.79. The summed E-state index contributed by atoms with van der Waals surface area (Å²) in [5.41, 5.74) is 1.37. The average Bonchev–Trinajstić information content (AvgIpc) is 3.15. The Hall–Kier alpha value is -2.47. The number of carbonyl (C=O) groups is 2. The first kappa shape index (κ1) is 24.2. The molecule has 32 heavy (non-hydrogen) atoms. The van der Waals surface area contributed by atoms with Crippen molar-refractivity contribution in [3.63, 3.8) is 0 Å². The second kappa shape index (κ2) is 9.99. The van der Waals surface area contributed by atoms with Crippen molar-refractivity contribution in [1.82, 2.24) is 24.7 Å². The highest BCUT2D eigenvalue weighted by molar-refractivity contribution is 7.88. The molecule has 0 bridgehead atoms. The quantitative estimate of drug-likeness (QED) is 0.549. The van der Waals surface area contributed by atoms with Gasteiger partial charge in [-0.05, 0) is 38.6 Å². The number of hydrogen-bond donors (Lipinski definition) is 3. The van der Waals surface area contributed by atoms with Crippen molar-refractivity contribution >= 4 is 39.1 Å². The van der Waals surface area contributed by atoms with Crippen molar-refractivity contribution in [3.05, 3.63) is 46.2 Å². The zero-order valence-corrected chi connectivity index (χ0v) is 19.8. The lowest BCUT2D eigenvalue weighted by atomic mass is 10.1. The van der Waals surface area contributed by atoms with Crippen LogP contribution in [-0.4, -0.2) is 79.1 Å². The highest BCUT2D eigenvalue weighted by Gasteiger charge is 2.27. The van der Waals surface area contributed by atoms with Gasteiger partial charge in [-0.2, -0.15) is 5.10 Å². The van der Waals surface area contributed by atoms with Crippen LogP contribution < -0.4 is 10.6 Å². The van der Waals surface area contributed by atoms with Crippen LogP contribution in [0.15, 0.2) is 24.4 Å². The summed E-state index contributed by atoms with van der Waals surface area (Å²) in [5, 5.41) is 12.5. The lowest BCUT2D eigenvalue weighted by Gasteiger charge is -2.30. The van der Waals surface area contributed by atoms with Crippen molar-refractivity contribution in [2.45, 2.75) is 25.4 Å². The Morgan fingerprint density at radius 2 is 1.94 bits per heavy atom. The number of carbonyl (C=O) groups excluding carboxylic acids is 2. The van der Waals surface area contributed by atoms with Crippen molar-refractivity contribution in [1.29, 1.82) is 0 Å². The van der Waals surface area contributed by atoms with Gasteiger partial charge in [0.05, 0.1) is 22.5 Å². The number of hydrogen-bond acceptors (Lipinski definition) is 6. The van der Waals surface area contributed by atoms with Gasteiger partial charge in [-0.25, -0.2) is 12.7 Å². The van der Waals surface area contributed by atoms with E-state index in [0.29, 0.717) is 43.1 Å². The van der Waals surface area contributed by atoms with Gasteiger partial charge in [0, 0.05) is 31.9 Å². The summed E-state index contributed by atoms with van der Waals surface area (Å²) in [5.74, 6) is -0.892. The molecule has 3 N–H and O–H groups in total. The van der Waals surface area contributed by atoms with Gasteiger partial charge < -0.3 is 15.5 Å². The van der Waals surface area contributed by atoms with Crippen molar-refractivity contribution < 1.29 is 18.0 Å². The number of piperidine rings is 1. The molecule has 0 unspecified atom stereocenters. The molecule has 174 valence electrons. The number of amides is 2. The van der Waals surface area contributed by atoms with Crippen molar-refractivity contribution in [2.75, 3.05) is 38.8 Å². The zero-order valence-electron chi connectivity index (χ0n) is 18.2. The molecule has 1 saturated heterocycles. The lowest BCUT2D eigenvalue weighted by Crippen LogP contribution is -2.46. The van der Waals surface area contributed by atoms with Crippen molar-refractivity contribution in [2.24, 2.45) is 0 Å². The predicted octanol–water partition coefficient (Wildman–Crippen LogP) is 1.53. The molecule has 0 atom stereocenters. The Balaban J connectivity index is 1.69. The molecule has 10 nitrogen and oxygen atoms in total. The number of halogens is 1. The van der Waals surface area contributed by atoms with Gasteiger partial charge in [0.2, 0.25) is 10.0 Å². The minimum absolute atomic E-state index is 0.0464. The first-order valence-corrected chi connectivity index (χ1v) is 12.3. The average molecular weight is 483 g/mol. The maximum atomic E-state index is 13.0. The van der Waals surface area contributed by atoms with Gasteiger partial charge in [-0.3, -0.25) is 14.7 Å². The first-order chi connectivity index (χ1) is 15.1. The van der Waals surface area contributed by atoms with Crippen molar-refractivity contribution in [3.8, 4) is 0 Å². The van der Waals surface area contributed by atoms with E-state index in [9.17, 15) is 18.0 Å². The van der Waals surface area contributed by atoms with E-state index < -0.39 is 21.8 Å². The second-order valence-corrected chi connectivity index (χ2v) is 10.4. The predicted molar refractivity (Wildman–Crippen MR) is 122 cm³/mol. The Morgan fingerprint density at radius 1 is 1.25 bits per heavy atom. The lowest BCUT2D eigenvalue weighted by molar-refractivity contribution is 0.0919. The van der Waals surface area contributed by atoms with Gasteiger partial charge in [0.25, 0.3) is 11.8 Å². The standard InChI is InChI=1S/C20H27ClN6O4S/c1-26(2)12-13-5-4-6-15(21)17(13)19(28)24-16-11-22-25-18(16)20(29)23-14-7-9-27(10-8-14)32(3,30)31/h4-6,11,14H,7-10,12H2,1-3H3,(H,22,25)(H,23,29)(H,24,28). The number of aromatic amines is 1. The molecular formula is C20H27ClN6O4S. The number of benzene rings is 1. The van der Waals surface area contributed by atoms with Crippen LogP contribution in [0.25, 0.3) is 0 Å². The summed E-state index contributed by atoms with van der Waals surface area (Å²) in [6.45, 7) is 1.21. The van der Waals surface area contributed by atoms with Gasteiger partial charge in [0.1, 0.15) is 0 Å². The third kappa shape index (κ3) is 5.85. The monoisotopic (exact) mass is 482 g/mol. The summed E-state index contributed by atoms with van der Waals surface area (Å²) in [6.07, 6.45) is 3.60. The number of rotatable bonds is 7. The van der Waals surface area contributed by atoms with Crippen LogP contribution in [-0.2, 0) is 16.6 Å². The summed E-state index contributed by atoms with van der Waals surface area (Å²) < 4.78 is 24.7. The van der Waals surface area contributed by atoms with Crippen LogP contribution in [0.1, 0.15) is 39.3 Å². The van der Waals surface area contributed by atoms with E-state index in [4.69, 9.17) is 11.6 Å². The Labute approximate surface area is 192 Å².